The van der Waals surface area contributed by atoms with Gasteiger partial charge in [0.25, 0.3) is 0 Å². The summed E-state index contributed by atoms with van der Waals surface area (Å²) in [7, 11) is 0. The molecule has 0 fully saturated rings. The van der Waals surface area contributed by atoms with Gasteiger partial charge in [0, 0.05) is 4.47 Å². The summed E-state index contributed by atoms with van der Waals surface area (Å²) in [5.74, 6) is 0.226. The number of rotatable bonds is 6. The lowest BCUT2D eigenvalue weighted by Crippen LogP contribution is -2.29. The number of carbonyl (C=O) groups is 1. The van der Waals surface area contributed by atoms with Gasteiger partial charge in [-0.15, -0.1) is 0 Å². The second-order valence-electron chi connectivity index (χ2n) is 4.46. The van der Waals surface area contributed by atoms with Crippen LogP contribution in [0.25, 0.3) is 0 Å². The Morgan fingerprint density at radius 2 is 1.76 bits per heavy atom. The fraction of sp³-hybridized carbons (Fsp3) is 0.188. The monoisotopic (exact) mass is 351 g/mol. The lowest BCUT2D eigenvalue weighted by atomic mass is 10.1. The highest BCUT2D eigenvalue weighted by Crippen LogP contribution is 2.11. The molecule has 110 valence electrons. The zero-order chi connectivity index (χ0) is 15.1. The quantitative estimate of drug-likeness (QED) is 0.810. The molecule has 0 heterocycles. The molecule has 0 aliphatic rings. The van der Waals surface area contributed by atoms with Gasteiger partial charge in [0.1, 0.15) is 18.2 Å². The molecule has 0 bridgehead atoms. The first kappa shape index (κ1) is 15.5. The normalized spacial score (nSPS) is 10.2. The van der Waals surface area contributed by atoms with Gasteiger partial charge in [-0.1, -0.05) is 28.1 Å². The highest BCUT2D eigenvalue weighted by Gasteiger charge is 2.03. The number of benzene rings is 2. The van der Waals surface area contributed by atoms with E-state index in [0.29, 0.717) is 25.3 Å². The molecular weight excluding hydrogens is 337 g/mol. The molecule has 0 atom stereocenters. The summed E-state index contributed by atoms with van der Waals surface area (Å²) in [4.78, 5) is 11.7. The third-order valence-corrected chi connectivity index (χ3v) is 3.31. The number of hydrogen-bond donors (Lipinski definition) is 1. The minimum atomic E-state index is -0.301. The number of amides is 1. The van der Waals surface area contributed by atoms with E-state index in [2.05, 4.69) is 21.2 Å². The molecule has 2 rings (SSSR count). The predicted molar refractivity (Wildman–Crippen MR) is 82.8 cm³/mol. The van der Waals surface area contributed by atoms with Crippen LogP contribution in [0.2, 0.25) is 0 Å². The molecule has 0 spiro atoms. The van der Waals surface area contributed by atoms with Crippen LogP contribution < -0.4 is 10.1 Å². The van der Waals surface area contributed by atoms with Gasteiger partial charge in [-0.2, -0.15) is 0 Å². The molecule has 3 nitrogen and oxygen atoms in total. The van der Waals surface area contributed by atoms with Crippen molar-refractivity contribution in [2.24, 2.45) is 0 Å². The highest BCUT2D eigenvalue weighted by atomic mass is 79.9. The molecular formula is C16H15BrFNO2. The number of hydrogen-bond acceptors (Lipinski definition) is 2. The van der Waals surface area contributed by atoms with Gasteiger partial charge < -0.3 is 10.1 Å². The SMILES string of the molecule is O=C(Cc1ccc(Br)cc1)NCCOc1ccc(F)cc1. The Balaban J connectivity index is 1.67. The number of halogens is 2. The molecule has 0 aliphatic carbocycles. The van der Waals surface area contributed by atoms with Gasteiger partial charge in [0.15, 0.2) is 0 Å². The van der Waals surface area contributed by atoms with E-state index in [9.17, 15) is 9.18 Å². The average molecular weight is 352 g/mol. The number of nitrogens with one attached hydrogen (secondary N) is 1. The molecule has 1 N–H and O–H groups in total. The lowest BCUT2D eigenvalue weighted by molar-refractivity contribution is -0.120. The topological polar surface area (TPSA) is 38.3 Å². The van der Waals surface area contributed by atoms with E-state index in [4.69, 9.17) is 4.74 Å². The maximum absolute atomic E-state index is 12.7. The summed E-state index contributed by atoms with van der Waals surface area (Å²) >= 11 is 3.35. The first-order chi connectivity index (χ1) is 10.1. The summed E-state index contributed by atoms with van der Waals surface area (Å²) in [6, 6.07) is 13.4. The third kappa shape index (κ3) is 5.55. The molecule has 0 saturated carbocycles. The van der Waals surface area contributed by atoms with E-state index in [-0.39, 0.29) is 11.7 Å². The van der Waals surface area contributed by atoms with Gasteiger partial charge in [-0.3, -0.25) is 4.79 Å². The number of carbonyl (C=O) groups excluding carboxylic acids is 1. The van der Waals surface area contributed by atoms with Crippen LogP contribution >= 0.6 is 15.9 Å². The summed E-state index contributed by atoms with van der Waals surface area (Å²) in [5.41, 5.74) is 0.954. The van der Waals surface area contributed by atoms with Crippen molar-refractivity contribution in [2.75, 3.05) is 13.2 Å². The first-order valence-corrected chi connectivity index (χ1v) is 7.32. The van der Waals surface area contributed by atoms with Gasteiger partial charge >= 0.3 is 0 Å². The van der Waals surface area contributed by atoms with Crippen molar-refractivity contribution < 1.29 is 13.9 Å². The van der Waals surface area contributed by atoms with Gasteiger partial charge in [0.2, 0.25) is 5.91 Å². The van der Waals surface area contributed by atoms with Crippen LogP contribution in [0.4, 0.5) is 4.39 Å². The maximum Gasteiger partial charge on any atom is 0.224 e. The zero-order valence-electron chi connectivity index (χ0n) is 11.3. The highest BCUT2D eigenvalue weighted by molar-refractivity contribution is 9.10. The van der Waals surface area contributed by atoms with Crippen molar-refractivity contribution in [2.45, 2.75) is 6.42 Å². The fourth-order valence-corrected chi connectivity index (χ4v) is 2.00. The molecule has 5 heteroatoms. The van der Waals surface area contributed by atoms with Crippen LogP contribution in [-0.4, -0.2) is 19.1 Å². The van der Waals surface area contributed by atoms with Crippen LogP contribution in [0, 0.1) is 5.82 Å². The Hall–Kier alpha value is -1.88. The predicted octanol–water partition coefficient (Wildman–Crippen LogP) is 3.33. The molecule has 0 aliphatic heterocycles. The second-order valence-corrected chi connectivity index (χ2v) is 5.37. The molecule has 2 aromatic carbocycles. The standard InChI is InChI=1S/C16H15BrFNO2/c17-13-3-1-12(2-4-13)11-16(20)19-9-10-21-15-7-5-14(18)6-8-15/h1-8H,9-11H2,(H,19,20). The van der Waals surface area contributed by atoms with E-state index in [1.165, 1.54) is 12.1 Å². The first-order valence-electron chi connectivity index (χ1n) is 6.53. The van der Waals surface area contributed by atoms with Crippen LogP contribution in [0.3, 0.4) is 0 Å². The summed E-state index contributed by atoms with van der Waals surface area (Å²) in [5, 5.41) is 2.78. The largest absolute Gasteiger partial charge is 0.492 e. The molecule has 1 amide bonds. The van der Waals surface area contributed by atoms with Crippen LogP contribution in [0.1, 0.15) is 5.56 Å². The van der Waals surface area contributed by atoms with Crippen molar-refractivity contribution in [1.29, 1.82) is 0 Å². The minimum absolute atomic E-state index is 0.0555. The van der Waals surface area contributed by atoms with E-state index in [1.54, 1.807) is 12.1 Å². The van der Waals surface area contributed by atoms with Crippen molar-refractivity contribution in [3.05, 3.63) is 64.4 Å². The Kier molecular flexibility index (Phi) is 5.75. The summed E-state index contributed by atoms with van der Waals surface area (Å²) in [6.07, 6.45) is 0.337. The van der Waals surface area contributed by atoms with Gasteiger partial charge in [0.05, 0.1) is 13.0 Å². The average Bonchev–Trinajstić information content (AvgIpc) is 2.48. The Morgan fingerprint density at radius 3 is 2.43 bits per heavy atom. The fourth-order valence-electron chi connectivity index (χ4n) is 1.74. The van der Waals surface area contributed by atoms with Crippen molar-refractivity contribution in [3.63, 3.8) is 0 Å². The van der Waals surface area contributed by atoms with E-state index in [0.717, 1.165) is 10.0 Å². The smallest absolute Gasteiger partial charge is 0.224 e. The lowest BCUT2D eigenvalue weighted by Gasteiger charge is -2.08. The molecule has 0 unspecified atom stereocenters. The van der Waals surface area contributed by atoms with Crippen LogP contribution in [-0.2, 0) is 11.2 Å². The Bertz CT molecular complexity index is 584. The molecule has 21 heavy (non-hydrogen) atoms. The van der Waals surface area contributed by atoms with Gasteiger partial charge in [-0.25, -0.2) is 4.39 Å². The van der Waals surface area contributed by atoms with Crippen molar-refractivity contribution in [1.82, 2.24) is 5.32 Å². The Morgan fingerprint density at radius 1 is 1.10 bits per heavy atom. The number of ether oxygens (including phenoxy) is 1. The Labute approximate surface area is 131 Å². The minimum Gasteiger partial charge on any atom is -0.492 e. The molecule has 0 saturated heterocycles. The zero-order valence-corrected chi connectivity index (χ0v) is 12.9. The summed E-state index contributed by atoms with van der Waals surface area (Å²) < 4.78 is 19.1. The van der Waals surface area contributed by atoms with E-state index < -0.39 is 0 Å². The molecule has 2 aromatic rings. The second kappa shape index (κ2) is 7.78. The van der Waals surface area contributed by atoms with E-state index >= 15 is 0 Å². The maximum atomic E-state index is 12.7. The van der Waals surface area contributed by atoms with E-state index in [1.807, 2.05) is 24.3 Å². The van der Waals surface area contributed by atoms with Crippen LogP contribution in [0.5, 0.6) is 5.75 Å². The third-order valence-electron chi connectivity index (χ3n) is 2.78. The summed E-state index contributed by atoms with van der Waals surface area (Å²) in [6.45, 7) is 0.754. The van der Waals surface area contributed by atoms with Crippen molar-refractivity contribution >= 4 is 21.8 Å². The van der Waals surface area contributed by atoms with Crippen molar-refractivity contribution in [3.8, 4) is 5.75 Å². The van der Waals surface area contributed by atoms with Crippen LogP contribution in [0.15, 0.2) is 53.0 Å². The molecule has 0 radical (unpaired) electrons. The molecule has 0 aromatic heterocycles. The van der Waals surface area contributed by atoms with Gasteiger partial charge in [-0.05, 0) is 42.0 Å².